The molecule has 142 valence electrons. The molecule has 9 nitrogen and oxygen atoms in total. The minimum atomic E-state index is -2.28. The quantitative estimate of drug-likeness (QED) is 0.347. The normalized spacial score (nSPS) is 28.7. The van der Waals surface area contributed by atoms with E-state index in [1.54, 1.807) is 0 Å². The van der Waals surface area contributed by atoms with Gasteiger partial charge in [0.25, 0.3) is 0 Å². The van der Waals surface area contributed by atoms with Crippen molar-refractivity contribution in [1.82, 2.24) is 0 Å². The largest absolute Gasteiger partial charge is 0.504 e. The van der Waals surface area contributed by atoms with E-state index in [-0.39, 0.29) is 11.5 Å². The molecule has 0 spiro atoms. The average molecular weight is 368 g/mol. The van der Waals surface area contributed by atoms with Gasteiger partial charge < -0.3 is 35.0 Å². The first-order valence-corrected chi connectivity index (χ1v) is 7.74. The molecule has 0 radical (unpaired) electrons. The zero-order valence-electron chi connectivity index (χ0n) is 13.9. The third-order valence-electron chi connectivity index (χ3n) is 4.12. The number of rotatable bonds is 5. The Hall–Kier alpha value is -2.62. The van der Waals surface area contributed by atoms with Gasteiger partial charge in [0.05, 0.1) is 19.3 Å². The van der Waals surface area contributed by atoms with Crippen molar-refractivity contribution < 1.29 is 44.6 Å². The second-order valence-electron chi connectivity index (χ2n) is 6.05. The number of carboxylic acid groups (broad SMARTS) is 1. The highest BCUT2D eigenvalue weighted by molar-refractivity contribution is 5.87. The number of carbonyl (C=O) groups is 2. The van der Waals surface area contributed by atoms with Gasteiger partial charge in [0.15, 0.2) is 23.2 Å². The van der Waals surface area contributed by atoms with E-state index >= 15 is 0 Å². The van der Waals surface area contributed by atoms with E-state index in [2.05, 4.69) is 0 Å². The van der Waals surface area contributed by atoms with Crippen LogP contribution in [-0.4, -0.2) is 68.5 Å². The number of carboxylic acids is 1. The first-order valence-electron chi connectivity index (χ1n) is 7.74. The molecule has 1 aromatic rings. The number of esters is 1. The molecule has 2 rings (SSSR count). The second-order valence-corrected chi connectivity index (χ2v) is 6.05. The molecule has 4 atom stereocenters. The number of aliphatic hydroxyl groups excluding tert-OH is 2. The number of hydrogen-bond donors (Lipinski definition) is 5. The van der Waals surface area contributed by atoms with E-state index in [4.69, 9.17) is 14.6 Å². The van der Waals surface area contributed by atoms with Crippen LogP contribution in [0.25, 0.3) is 6.08 Å². The summed E-state index contributed by atoms with van der Waals surface area (Å²) in [6, 6.07) is 4.39. The maximum atomic E-state index is 11.9. The van der Waals surface area contributed by atoms with Gasteiger partial charge in [0.1, 0.15) is 0 Å². The summed E-state index contributed by atoms with van der Waals surface area (Å²) < 4.78 is 9.92. The lowest BCUT2D eigenvalue weighted by molar-refractivity contribution is -0.196. The minimum absolute atomic E-state index is 0.0633. The van der Waals surface area contributed by atoms with Crippen molar-refractivity contribution in [2.24, 2.45) is 0 Å². The Kier molecular flexibility index (Phi) is 5.86. The predicted octanol–water partition coefficient (Wildman–Crippen LogP) is -0.343. The maximum absolute atomic E-state index is 11.9. The van der Waals surface area contributed by atoms with Crippen LogP contribution in [0.5, 0.6) is 11.5 Å². The monoisotopic (exact) mass is 368 g/mol. The number of aliphatic hydroxyl groups is 3. The van der Waals surface area contributed by atoms with E-state index in [0.29, 0.717) is 5.56 Å². The van der Waals surface area contributed by atoms with Crippen molar-refractivity contribution in [3.8, 4) is 11.5 Å². The summed E-state index contributed by atoms with van der Waals surface area (Å²) in [6.45, 7) is 0. The van der Waals surface area contributed by atoms with Crippen molar-refractivity contribution in [2.75, 3.05) is 7.11 Å². The molecule has 1 aliphatic rings. The summed E-state index contributed by atoms with van der Waals surface area (Å²) in [5.74, 6) is -2.29. The van der Waals surface area contributed by atoms with Crippen molar-refractivity contribution in [2.45, 2.75) is 36.8 Å². The van der Waals surface area contributed by atoms with Gasteiger partial charge in [0.2, 0.25) is 0 Å². The SMILES string of the molecule is COc1cc(/C=C/C(=O)O[C@H]2C(O)C[C@](O)(C(=O)O)C[C@@H]2O)ccc1O. The number of ether oxygens (including phenoxy) is 2. The number of aromatic hydroxyl groups is 1. The van der Waals surface area contributed by atoms with Gasteiger partial charge in [-0.15, -0.1) is 0 Å². The second kappa shape index (κ2) is 7.73. The van der Waals surface area contributed by atoms with Crippen LogP contribution in [0, 0.1) is 0 Å². The molecule has 1 aliphatic carbocycles. The molecule has 0 aliphatic heterocycles. The van der Waals surface area contributed by atoms with Crippen LogP contribution in [0.15, 0.2) is 24.3 Å². The standard InChI is InChI=1S/C17H20O9/c1-25-13-6-9(2-4-10(13)18)3-5-14(21)26-15-11(19)7-17(24,16(22)23)8-12(15)20/h2-6,11-12,15,18-20,24H,7-8H2,1H3,(H,22,23)/b5-3+/t11-,12?,15+,17-/m0/s1. The Morgan fingerprint density at radius 3 is 2.38 bits per heavy atom. The Balaban J connectivity index is 2.02. The lowest BCUT2D eigenvalue weighted by atomic mass is 9.79. The Morgan fingerprint density at radius 1 is 1.23 bits per heavy atom. The van der Waals surface area contributed by atoms with Gasteiger partial charge >= 0.3 is 11.9 Å². The number of phenolic OH excluding ortho intramolecular Hbond substituents is 1. The molecule has 26 heavy (non-hydrogen) atoms. The molecule has 0 aromatic heterocycles. The highest BCUT2D eigenvalue weighted by atomic mass is 16.6. The first kappa shape index (κ1) is 19.7. The van der Waals surface area contributed by atoms with Crippen molar-refractivity contribution >= 4 is 18.0 Å². The van der Waals surface area contributed by atoms with E-state index in [0.717, 1.165) is 6.08 Å². The van der Waals surface area contributed by atoms with E-state index in [9.17, 15) is 30.0 Å². The number of aliphatic carboxylic acids is 1. The smallest absolute Gasteiger partial charge is 0.335 e. The van der Waals surface area contributed by atoms with Gasteiger partial charge in [-0.25, -0.2) is 9.59 Å². The molecule has 1 fully saturated rings. The molecular formula is C17H20O9. The Bertz CT molecular complexity index is 700. The molecule has 9 heteroatoms. The third kappa shape index (κ3) is 4.31. The van der Waals surface area contributed by atoms with Crippen molar-refractivity contribution in [1.29, 1.82) is 0 Å². The van der Waals surface area contributed by atoms with Crippen LogP contribution >= 0.6 is 0 Å². The van der Waals surface area contributed by atoms with Crippen LogP contribution in [0.1, 0.15) is 18.4 Å². The van der Waals surface area contributed by atoms with Gasteiger partial charge in [-0.1, -0.05) is 6.07 Å². The van der Waals surface area contributed by atoms with E-state index in [1.807, 2.05) is 0 Å². The zero-order valence-corrected chi connectivity index (χ0v) is 13.9. The summed E-state index contributed by atoms with van der Waals surface area (Å²) in [5, 5.41) is 48.2. The summed E-state index contributed by atoms with van der Waals surface area (Å²) in [4.78, 5) is 22.9. The molecule has 0 heterocycles. The maximum Gasteiger partial charge on any atom is 0.335 e. The van der Waals surface area contributed by atoms with Crippen LogP contribution < -0.4 is 4.74 Å². The van der Waals surface area contributed by atoms with E-state index in [1.165, 1.54) is 31.4 Å². The molecule has 1 saturated carbocycles. The van der Waals surface area contributed by atoms with Crippen LogP contribution in [0.3, 0.4) is 0 Å². The first-order chi connectivity index (χ1) is 12.2. The molecule has 5 N–H and O–H groups in total. The fourth-order valence-electron chi connectivity index (χ4n) is 2.73. The number of phenols is 1. The molecule has 0 saturated heterocycles. The molecule has 1 unspecified atom stereocenters. The predicted molar refractivity (Wildman–Crippen MR) is 87.4 cm³/mol. The van der Waals surface area contributed by atoms with E-state index < -0.39 is 48.7 Å². The highest BCUT2D eigenvalue weighted by Crippen LogP contribution is 2.31. The van der Waals surface area contributed by atoms with Crippen molar-refractivity contribution in [3.05, 3.63) is 29.8 Å². The average Bonchev–Trinajstić information content (AvgIpc) is 2.57. The molecular weight excluding hydrogens is 348 g/mol. The summed E-state index contributed by atoms with van der Waals surface area (Å²) in [6.07, 6.45) is -3.16. The Labute approximate surface area is 148 Å². The number of hydrogen-bond acceptors (Lipinski definition) is 8. The van der Waals surface area contributed by atoms with Gasteiger partial charge in [0, 0.05) is 18.9 Å². The van der Waals surface area contributed by atoms with Crippen LogP contribution in [-0.2, 0) is 14.3 Å². The van der Waals surface area contributed by atoms with Gasteiger partial charge in [-0.3, -0.25) is 0 Å². The fraction of sp³-hybridized carbons (Fsp3) is 0.412. The number of methoxy groups -OCH3 is 1. The molecule has 0 bridgehead atoms. The fourth-order valence-corrected chi connectivity index (χ4v) is 2.73. The van der Waals surface area contributed by atoms with Crippen molar-refractivity contribution in [3.63, 3.8) is 0 Å². The number of carbonyl (C=O) groups excluding carboxylic acids is 1. The highest BCUT2D eigenvalue weighted by Gasteiger charge is 2.50. The summed E-state index contributed by atoms with van der Waals surface area (Å²) >= 11 is 0. The topological polar surface area (TPSA) is 154 Å². The summed E-state index contributed by atoms with van der Waals surface area (Å²) in [7, 11) is 1.38. The van der Waals surface area contributed by atoms with Crippen LogP contribution in [0.2, 0.25) is 0 Å². The Morgan fingerprint density at radius 2 is 1.85 bits per heavy atom. The zero-order chi connectivity index (χ0) is 19.5. The minimum Gasteiger partial charge on any atom is -0.504 e. The van der Waals surface area contributed by atoms with Crippen LogP contribution in [0.4, 0.5) is 0 Å². The van der Waals surface area contributed by atoms with Gasteiger partial charge in [-0.05, 0) is 23.8 Å². The third-order valence-corrected chi connectivity index (χ3v) is 4.12. The lowest BCUT2D eigenvalue weighted by Crippen LogP contribution is -2.57. The molecule has 0 amide bonds. The number of benzene rings is 1. The van der Waals surface area contributed by atoms with Gasteiger partial charge in [-0.2, -0.15) is 0 Å². The lowest BCUT2D eigenvalue weighted by Gasteiger charge is -2.39. The molecule has 1 aromatic carbocycles. The summed E-state index contributed by atoms with van der Waals surface area (Å²) in [5.41, 5.74) is -1.75.